The van der Waals surface area contributed by atoms with Gasteiger partial charge < -0.3 is 9.80 Å². The summed E-state index contributed by atoms with van der Waals surface area (Å²) in [6, 6.07) is 0. The fraction of sp³-hybridized carbons (Fsp3) is 0.444. The highest BCUT2D eigenvalue weighted by Gasteiger charge is 2.12. The van der Waals surface area contributed by atoms with Crippen molar-refractivity contribution in [2.24, 2.45) is 0 Å². The highest BCUT2D eigenvalue weighted by Crippen LogP contribution is 2.16. The summed E-state index contributed by atoms with van der Waals surface area (Å²) in [4.78, 5) is 22.9. The first kappa shape index (κ1) is 12.2. The first-order chi connectivity index (χ1) is 7.02. The summed E-state index contributed by atoms with van der Waals surface area (Å²) in [5.74, 6) is 0.827. The lowest BCUT2D eigenvalue weighted by Crippen LogP contribution is -2.35. The molecule has 0 N–H and O–H groups in total. The molecule has 0 bridgehead atoms. The van der Waals surface area contributed by atoms with Crippen molar-refractivity contribution in [3.8, 4) is 0 Å². The second-order valence-electron chi connectivity index (χ2n) is 3.34. The van der Waals surface area contributed by atoms with Crippen molar-refractivity contribution >= 4 is 34.3 Å². The molecule has 0 aromatic carbocycles. The molecule has 0 aliphatic heterocycles. The predicted octanol–water partition coefficient (Wildman–Crippen LogP) is 0.606. The molecule has 1 aromatic heterocycles. The Labute approximate surface area is 103 Å². The quantitative estimate of drug-likeness (QED) is 0.766. The van der Waals surface area contributed by atoms with Crippen molar-refractivity contribution in [3.05, 3.63) is 16.1 Å². The Morgan fingerprint density at radius 2 is 2.13 bits per heavy atom. The molecule has 1 amide bonds. The average Bonchev–Trinajstić information content (AvgIpc) is 2.18. The van der Waals surface area contributed by atoms with Gasteiger partial charge in [-0.3, -0.25) is 4.79 Å². The van der Waals surface area contributed by atoms with Gasteiger partial charge in [-0.05, 0) is 22.6 Å². The van der Waals surface area contributed by atoms with Crippen LogP contribution >= 0.6 is 22.6 Å². The number of amides is 1. The van der Waals surface area contributed by atoms with Gasteiger partial charge in [-0.15, -0.1) is 0 Å². The van der Waals surface area contributed by atoms with E-state index in [1.165, 1.54) is 6.33 Å². The van der Waals surface area contributed by atoms with Crippen molar-refractivity contribution in [3.63, 3.8) is 0 Å². The fourth-order valence-electron chi connectivity index (χ4n) is 1.01. The number of carbonyl (C=O) groups is 1. The summed E-state index contributed by atoms with van der Waals surface area (Å²) in [5.41, 5.74) is 0. The van der Waals surface area contributed by atoms with E-state index in [-0.39, 0.29) is 5.91 Å². The average molecular weight is 320 g/mol. The molecule has 0 saturated heterocycles. The molecular weight excluding hydrogens is 307 g/mol. The van der Waals surface area contributed by atoms with Gasteiger partial charge in [0.25, 0.3) is 0 Å². The fourth-order valence-corrected chi connectivity index (χ4v) is 1.72. The van der Waals surface area contributed by atoms with Crippen LogP contribution in [0.25, 0.3) is 0 Å². The molecule has 0 fully saturated rings. The Morgan fingerprint density at radius 1 is 1.47 bits per heavy atom. The van der Waals surface area contributed by atoms with E-state index >= 15 is 0 Å². The van der Waals surface area contributed by atoms with Crippen LogP contribution in [0.2, 0.25) is 0 Å². The maximum absolute atomic E-state index is 11.5. The van der Waals surface area contributed by atoms with Crippen molar-refractivity contribution in [1.29, 1.82) is 0 Å². The number of likely N-dealkylation sites (N-methyl/N-ethyl adjacent to an activating group) is 2. The van der Waals surface area contributed by atoms with E-state index in [1.807, 2.05) is 11.9 Å². The van der Waals surface area contributed by atoms with Crippen molar-refractivity contribution in [2.45, 2.75) is 0 Å². The minimum atomic E-state index is 0.0481. The number of carbonyl (C=O) groups excluding carboxylic acids is 1. The first-order valence-corrected chi connectivity index (χ1v) is 5.47. The van der Waals surface area contributed by atoms with Gasteiger partial charge in [0.15, 0.2) is 0 Å². The largest absolute Gasteiger partial charge is 0.349 e. The summed E-state index contributed by atoms with van der Waals surface area (Å²) in [5, 5.41) is 0. The van der Waals surface area contributed by atoms with Gasteiger partial charge in [0.2, 0.25) is 5.91 Å². The molecule has 0 aliphatic rings. The third kappa shape index (κ3) is 3.29. The minimum absolute atomic E-state index is 0.0481. The van der Waals surface area contributed by atoms with Gasteiger partial charge in [0, 0.05) is 27.3 Å². The van der Waals surface area contributed by atoms with E-state index in [9.17, 15) is 4.79 Å². The highest BCUT2D eigenvalue weighted by molar-refractivity contribution is 14.1. The molecule has 1 rings (SSSR count). The topological polar surface area (TPSA) is 49.3 Å². The molecule has 1 heterocycles. The monoisotopic (exact) mass is 320 g/mol. The normalized spacial score (nSPS) is 9.87. The van der Waals surface area contributed by atoms with Crippen molar-refractivity contribution < 1.29 is 4.79 Å². The second-order valence-corrected chi connectivity index (χ2v) is 4.50. The van der Waals surface area contributed by atoms with E-state index in [0.29, 0.717) is 6.54 Å². The van der Waals surface area contributed by atoms with Crippen LogP contribution in [0.5, 0.6) is 0 Å². The minimum Gasteiger partial charge on any atom is -0.349 e. The van der Waals surface area contributed by atoms with E-state index in [1.54, 1.807) is 25.2 Å². The number of nitrogens with zero attached hydrogens (tertiary/aromatic N) is 4. The molecule has 0 aliphatic carbocycles. The maximum atomic E-state index is 11.5. The molecular formula is C9H13IN4O. The van der Waals surface area contributed by atoms with Crippen LogP contribution in [0.3, 0.4) is 0 Å². The SMILES string of the molecule is CN(C)C(=O)CN(C)c1ncncc1I. The first-order valence-electron chi connectivity index (χ1n) is 4.39. The Kier molecular flexibility index (Phi) is 4.25. The van der Waals surface area contributed by atoms with Gasteiger partial charge >= 0.3 is 0 Å². The molecule has 15 heavy (non-hydrogen) atoms. The van der Waals surface area contributed by atoms with Crippen molar-refractivity contribution in [1.82, 2.24) is 14.9 Å². The molecule has 82 valence electrons. The van der Waals surface area contributed by atoms with Crippen LogP contribution in [0.1, 0.15) is 0 Å². The number of aromatic nitrogens is 2. The smallest absolute Gasteiger partial charge is 0.241 e. The molecule has 0 atom stereocenters. The van der Waals surface area contributed by atoms with Crippen LogP contribution in [-0.4, -0.2) is 48.5 Å². The van der Waals surface area contributed by atoms with E-state index in [2.05, 4.69) is 32.6 Å². The van der Waals surface area contributed by atoms with Crippen molar-refractivity contribution in [2.75, 3.05) is 32.6 Å². The van der Waals surface area contributed by atoms with E-state index in [4.69, 9.17) is 0 Å². The Hall–Kier alpha value is -0.920. The van der Waals surface area contributed by atoms with E-state index < -0.39 is 0 Å². The summed E-state index contributed by atoms with van der Waals surface area (Å²) in [6.07, 6.45) is 3.20. The summed E-state index contributed by atoms with van der Waals surface area (Å²) >= 11 is 2.15. The van der Waals surface area contributed by atoms with Gasteiger partial charge in [-0.25, -0.2) is 9.97 Å². The molecule has 0 radical (unpaired) electrons. The lowest BCUT2D eigenvalue weighted by atomic mass is 10.4. The van der Waals surface area contributed by atoms with Gasteiger partial charge in [0.1, 0.15) is 12.1 Å². The Balaban J connectivity index is 2.73. The molecule has 5 nitrogen and oxygen atoms in total. The van der Waals surface area contributed by atoms with Gasteiger partial charge in [0.05, 0.1) is 10.1 Å². The second kappa shape index (κ2) is 5.24. The highest BCUT2D eigenvalue weighted by atomic mass is 127. The predicted molar refractivity (Wildman–Crippen MR) is 66.7 cm³/mol. The van der Waals surface area contributed by atoms with Crippen LogP contribution in [-0.2, 0) is 4.79 Å². The molecule has 1 aromatic rings. The molecule has 6 heteroatoms. The summed E-state index contributed by atoms with van der Waals surface area (Å²) in [7, 11) is 5.31. The number of hydrogen-bond donors (Lipinski definition) is 0. The molecule has 0 spiro atoms. The molecule has 0 unspecified atom stereocenters. The van der Waals surface area contributed by atoms with Crippen LogP contribution in [0.15, 0.2) is 12.5 Å². The van der Waals surface area contributed by atoms with Gasteiger partial charge in [-0.1, -0.05) is 0 Å². The summed E-state index contributed by atoms with van der Waals surface area (Å²) in [6.45, 7) is 0.319. The van der Waals surface area contributed by atoms with Crippen LogP contribution in [0.4, 0.5) is 5.82 Å². The summed E-state index contributed by atoms with van der Waals surface area (Å²) < 4.78 is 0.934. The van der Waals surface area contributed by atoms with E-state index in [0.717, 1.165) is 9.39 Å². The lowest BCUT2D eigenvalue weighted by molar-refractivity contribution is -0.127. The Morgan fingerprint density at radius 3 is 2.67 bits per heavy atom. The zero-order valence-electron chi connectivity index (χ0n) is 8.94. The Bertz CT molecular complexity index is 356. The van der Waals surface area contributed by atoms with Gasteiger partial charge in [-0.2, -0.15) is 0 Å². The third-order valence-corrected chi connectivity index (χ3v) is 2.64. The number of hydrogen-bond acceptors (Lipinski definition) is 4. The molecule has 0 saturated carbocycles. The number of halogens is 1. The van der Waals surface area contributed by atoms with Crippen LogP contribution in [0, 0.1) is 3.57 Å². The third-order valence-electron chi connectivity index (χ3n) is 1.88. The zero-order valence-corrected chi connectivity index (χ0v) is 11.1. The number of anilines is 1. The zero-order chi connectivity index (χ0) is 11.4. The standard InChI is InChI=1S/C9H13IN4O/c1-13(2)8(15)5-14(3)9-7(10)4-11-6-12-9/h4,6H,5H2,1-3H3. The number of rotatable bonds is 3. The maximum Gasteiger partial charge on any atom is 0.241 e. The van der Waals surface area contributed by atoms with Crippen LogP contribution < -0.4 is 4.90 Å². The lowest BCUT2D eigenvalue weighted by Gasteiger charge is -2.20.